The number of benzene rings is 1. The summed E-state index contributed by atoms with van der Waals surface area (Å²) in [6.45, 7) is 4.95. The SMILES string of the molecule is CC(C)(CCON)c1ccccc1Br. The average Bonchev–Trinajstić information content (AvgIpc) is 2.15. The third-order valence-electron chi connectivity index (χ3n) is 2.45. The highest BCUT2D eigenvalue weighted by molar-refractivity contribution is 9.10. The van der Waals surface area contributed by atoms with Crippen LogP contribution in [0.15, 0.2) is 28.7 Å². The van der Waals surface area contributed by atoms with Crippen molar-refractivity contribution in [1.29, 1.82) is 0 Å². The molecule has 0 saturated heterocycles. The van der Waals surface area contributed by atoms with Crippen molar-refractivity contribution >= 4 is 15.9 Å². The van der Waals surface area contributed by atoms with E-state index in [4.69, 9.17) is 5.90 Å². The van der Waals surface area contributed by atoms with Crippen molar-refractivity contribution in [2.24, 2.45) is 5.90 Å². The molecular weight excluding hydrogens is 242 g/mol. The molecule has 2 N–H and O–H groups in total. The molecule has 0 aliphatic carbocycles. The van der Waals surface area contributed by atoms with E-state index in [1.807, 2.05) is 12.1 Å². The zero-order valence-electron chi connectivity index (χ0n) is 8.59. The van der Waals surface area contributed by atoms with Crippen molar-refractivity contribution in [2.75, 3.05) is 6.61 Å². The van der Waals surface area contributed by atoms with Gasteiger partial charge < -0.3 is 4.84 Å². The van der Waals surface area contributed by atoms with Gasteiger partial charge in [-0.15, -0.1) is 0 Å². The van der Waals surface area contributed by atoms with Crippen LogP contribution in [0, 0.1) is 0 Å². The lowest BCUT2D eigenvalue weighted by Crippen LogP contribution is -2.21. The van der Waals surface area contributed by atoms with E-state index in [1.165, 1.54) is 5.56 Å². The molecule has 0 aliphatic rings. The van der Waals surface area contributed by atoms with E-state index in [1.54, 1.807) is 0 Å². The summed E-state index contributed by atoms with van der Waals surface area (Å²) in [4.78, 5) is 4.62. The van der Waals surface area contributed by atoms with Gasteiger partial charge in [0.15, 0.2) is 0 Å². The smallest absolute Gasteiger partial charge is 0.0687 e. The zero-order valence-corrected chi connectivity index (χ0v) is 10.2. The maximum atomic E-state index is 5.04. The van der Waals surface area contributed by atoms with Crippen LogP contribution in [0.4, 0.5) is 0 Å². The van der Waals surface area contributed by atoms with Gasteiger partial charge in [0.25, 0.3) is 0 Å². The third kappa shape index (κ3) is 2.80. The fourth-order valence-electron chi connectivity index (χ4n) is 1.46. The second-order valence-electron chi connectivity index (χ2n) is 3.98. The molecule has 0 fully saturated rings. The van der Waals surface area contributed by atoms with Gasteiger partial charge in [-0.25, -0.2) is 5.90 Å². The molecule has 1 aromatic carbocycles. The molecule has 0 atom stereocenters. The molecule has 78 valence electrons. The first-order valence-electron chi connectivity index (χ1n) is 4.64. The quantitative estimate of drug-likeness (QED) is 0.842. The zero-order chi connectivity index (χ0) is 10.6. The van der Waals surface area contributed by atoms with Crippen LogP contribution in [0.2, 0.25) is 0 Å². The van der Waals surface area contributed by atoms with Gasteiger partial charge in [-0.05, 0) is 23.5 Å². The molecular formula is C11H16BrNO. The number of hydrogen-bond acceptors (Lipinski definition) is 2. The van der Waals surface area contributed by atoms with Crippen LogP contribution in [0.5, 0.6) is 0 Å². The predicted molar refractivity (Wildman–Crippen MR) is 61.9 cm³/mol. The Morgan fingerprint density at radius 3 is 2.57 bits per heavy atom. The van der Waals surface area contributed by atoms with E-state index in [9.17, 15) is 0 Å². The Balaban J connectivity index is 2.86. The first-order chi connectivity index (χ1) is 6.58. The van der Waals surface area contributed by atoms with E-state index in [0.717, 1.165) is 10.9 Å². The number of hydrogen-bond donors (Lipinski definition) is 1. The Kier molecular flexibility index (Phi) is 4.11. The molecule has 0 aliphatic heterocycles. The minimum atomic E-state index is 0.0828. The van der Waals surface area contributed by atoms with Crippen molar-refractivity contribution in [2.45, 2.75) is 25.7 Å². The summed E-state index contributed by atoms with van der Waals surface area (Å²) < 4.78 is 1.14. The Hall–Kier alpha value is -0.380. The summed E-state index contributed by atoms with van der Waals surface area (Å²) in [6.07, 6.45) is 0.909. The summed E-state index contributed by atoms with van der Waals surface area (Å²) >= 11 is 3.55. The molecule has 0 aromatic heterocycles. The van der Waals surface area contributed by atoms with E-state index < -0.39 is 0 Å². The van der Waals surface area contributed by atoms with Gasteiger partial charge in [0, 0.05) is 4.47 Å². The molecule has 14 heavy (non-hydrogen) atoms. The third-order valence-corrected chi connectivity index (χ3v) is 3.14. The molecule has 0 bridgehead atoms. The summed E-state index contributed by atoms with van der Waals surface area (Å²) in [6, 6.07) is 8.25. The Bertz CT molecular complexity index is 299. The Labute approximate surface area is 93.5 Å². The van der Waals surface area contributed by atoms with Crippen molar-refractivity contribution in [3.63, 3.8) is 0 Å². The monoisotopic (exact) mass is 257 g/mol. The van der Waals surface area contributed by atoms with Gasteiger partial charge in [-0.2, -0.15) is 0 Å². The van der Waals surface area contributed by atoms with Gasteiger partial charge in [-0.3, -0.25) is 0 Å². The van der Waals surface area contributed by atoms with Gasteiger partial charge >= 0.3 is 0 Å². The lowest BCUT2D eigenvalue weighted by molar-refractivity contribution is 0.121. The first-order valence-corrected chi connectivity index (χ1v) is 5.44. The maximum Gasteiger partial charge on any atom is 0.0687 e. The van der Waals surface area contributed by atoms with E-state index in [2.05, 4.69) is 46.7 Å². The van der Waals surface area contributed by atoms with E-state index in [0.29, 0.717) is 6.61 Å². The summed E-state index contributed by atoms with van der Waals surface area (Å²) in [5.41, 5.74) is 1.37. The predicted octanol–water partition coefficient (Wildman–Crippen LogP) is 3.01. The van der Waals surface area contributed by atoms with Crippen LogP contribution in [-0.2, 0) is 10.3 Å². The molecule has 1 rings (SSSR count). The van der Waals surface area contributed by atoms with Crippen LogP contribution >= 0.6 is 15.9 Å². The molecule has 0 radical (unpaired) electrons. The van der Waals surface area contributed by atoms with Crippen LogP contribution < -0.4 is 5.90 Å². The molecule has 0 spiro atoms. The van der Waals surface area contributed by atoms with Crippen LogP contribution in [0.1, 0.15) is 25.8 Å². The standard InChI is InChI=1S/C11H16BrNO/c1-11(2,7-8-14-13)9-5-3-4-6-10(9)12/h3-6H,7-8,13H2,1-2H3. The van der Waals surface area contributed by atoms with Gasteiger partial charge in [0.1, 0.15) is 0 Å². The molecule has 0 unspecified atom stereocenters. The summed E-state index contributed by atoms with van der Waals surface area (Å²) in [5.74, 6) is 5.04. The van der Waals surface area contributed by atoms with E-state index >= 15 is 0 Å². The molecule has 3 heteroatoms. The van der Waals surface area contributed by atoms with Crippen molar-refractivity contribution in [1.82, 2.24) is 0 Å². The molecule has 0 heterocycles. The molecule has 2 nitrogen and oxygen atoms in total. The number of nitrogens with two attached hydrogens (primary N) is 1. The normalized spacial score (nSPS) is 11.7. The average molecular weight is 258 g/mol. The minimum absolute atomic E-state index is 0.0828. The van der Waals surface area contributed by atoms with Crippen LogP contribution in [0.3, 0.4) is 0 Å². The fraction of sp³-hybridized carbons (Fsp3) is 0.455. The lowest BCUT2D eigenvalue weighted by Gasteiger charge is -2.25. The summed E-state index contributed by atoms with van der Waals surface area (Å²) in [5, 5.41) is 0. The highest BCUT2D eigenvalue weighted by atomic mass is 79.9. The Morgan fingerprint density at radius 1 is 1.36 bits per heavy atom. The fourth-order valence-corrected chi connectivity index (χ4v) is 2.28. The van der Waals surface area contributed by atoms with Crippen LogP contribution in [0.25, 0.3) is 0 Å². The second kappa shape index (κ2) is 4.91. The van der Waals surface area contributed by atoms with Crippen molar-refractivity contribution in [3.8, 4) is 0 Å². The van der Waals surface area contributed by atoms with Gasteiger partial charge in [0.05, 0.1) is 6.61 Å². The highest BCUT2D eigenvalue weighted by Crippen LogP contribution is 2.32. The van der Waals surface area contributed by atoms with Crippen molar-refractivity contribution < 1.29 is 4.84 Å². The minimum Gasteiger partial charge on any atom is -0.305 e. The lowest BCUT2D eigenvalue weighted by atomic mass is 9.82. The largest absolute Gasteiger partial charge is 0.305 e. The topological polar surface area (TPSA) is 35.2 Å². The molecule has 1 aromatic rings. The molecule has 0 saturated carbocycles. The summed E-state index contributed by atoms with van der Waals surface area (Å²) in [7, 11) is 0. The second-order valence-corrected chi connectivity index (χ2v) is 4.84. The van der Waals surface area contributed by atoms with E-state index in [-0.39, 0.29) is 5.41 Å². The number of halogens is 1. The highest BCUT2D eigenvalue weighted by Gasteiger charge is 2.22. The maximum absolute atomic E-state index is 5.04. The van der Waals surface area contributed by atoms with Gasteiger partial charge in [0.2, 0.25) is 0 Å². The van der Waals surface area contributed by atoms with Crippen molar-refractivity contribution in [3.05, 3.63) is 34.3 Å². The first kappa shape index (κ1) is 11.7. The number of rotatable bonds is 4. The van der Waals surface area contributed by atoms with Crippen LogP contribution in [-0.4, -0.2) is 6.61 Å². The molecule has 0 amide bonds. The Morgan fingerprint density at radius 2 is 2.00 bits per heavy atom. The van der Waals surface area contributed by atoms with Gasteiger partial charge in [-0.1, -0.05) is 48.0 Å².